The summed E-state index contributed by atoms with van der Waals surface area (Å²) in [4.78, 5) is 12.2. The molecule has 1 aromatic heterocycles. The van der Waals surface area contributed by atoms with Gasteiger partial charge in [0.1, 0.15) is 0 Å². The van der Waals surface area contributed by atoms with Crippen LogP contribution in [0.2, 0.25) is 0 Å². The van der Waals surface area contributed by atoms with Crippen molar-refractivity contribution in [3.63, 3.8) is 0 Å². The van der Waals surface area contributed by atoms with Gasteiger partial charge in [-0.3, -0.25) is 4.79 Å². The first-order chi connectivity index (χ1) is 12.7. The number of thioether (sulfide) groups is 1. The third-order valence-corrected chi connectivity index (χ3v) is 6.55. The Morgan fingerprint density at radius 2 is 1.88 bits per heavy atom. The molecule has 1 aliphatic heterocycles. The van der Waals surface area contributed by atoms with Gasteiger partial charge in [0.05, 0.1) is 18.3 Å². The van der Waals surface area contributed by atoms with Gasteiger partial charge in [0, 0.05) is 28.4 Å². The normalized spacial score (nSPS) is 19.3. The maximum Gasteiger partial charge on any atom is 0.307 e. The van der Waals surface area contributed by atoms with E-state index in [1.807, 2.05) is 24.8 Å². The summed E-state index contributed by atoms with van der Waals surface area (Å²) in [6.07, 6.45) is 0.416. The lowest BCUT2D eigenvalue weighted by molar-refractivity contribution is -0.143. The van der Waals surface area contributed by atoms with Crippen LogP contribution in [0.5, 0.6) is 0 Å². The Morgan fingerprint density at radius 3 is 2.65 bits per heavy atom. The van der Waals surface area contributed by atoms with Gasteiger partial charge in [-0.05, 0) is 31.0 Å². The number of para-hydroxylation sites is 1. The summed E-state index contributed by atoms with van der Waals surface area (Å²) >= 11 is 1.89. The first-order valence-electron chi connectivity index (χ1n) is 9.12. The van der Waals surface area contributed by atoms with E-state index in [0.717, 1.165) is 6.54 Å². The first kappa shape index (κ1) is 17.2. The summed E-state index contributed by atoms with van der Waals surface area (Å²) < 4.78 is 7.67. The van der Waals surface area contributed by atoms with Crippen LogP contribution in [0.25, 0.3) is 10.9 Å². The summed E-state index contributed by atoms with van der Waals surface area (Å²) in [6, 6.07) is 19.1. The number of aromatic nitrogens is 1. The molecule has 4 rings (SSSR count). The monoisotopic (exact) mass is 365 g/mol. The highest BCUT2D eigenvalue weighted by Crippen LogP contribution is 2.50. The number of fused-ring (bicyclic) bond motifs is 3. The second-order valence-corrected chi connectivity index (χ2v) is 8.08. The van der Waals surface area contributed by atoms with Gasteiger partial charge in [0.2, 0.25) is 0 Å². The van der Waals surface area contributed by atoms with Crippen molar-refractivity contribution in [2.75, 3.05) is 6.61 Å². The number of esters is 1. The van der Waals surface area contributed by atoms with Gasteiger partial charge in [-0.2, -0.15) is 0 Å². The van der Waals surface area contributed by atoms with Gasteiger partial charge < -0.3 is 9.30 Å². The van der Waals surface area contributed by atoms with E-state index in [0.29, 0.717) is 18.3 Å². The molecule has 2 atom stereocenters. The Hall–Kier alpha value is -2.20. The fraction of sp³-hybridized carbons (Fsp3) is 0.318. The number of hydrogen-bond donors (Lipinski definition) is 0. The van der Waals surface area contributed by atoms with Crippen molar-refractivity contribution in [3.8, 4) is 0 Å². The molecule has 0 bridgehead atoms. The third kappa shape index (κ3) is 3.03. The number of benzene rings is 2. The lowest BCUT2D eigenvalue weighted by Crippen LogP contribution is -2.21. The fourth-order valence-corrected chi connectivity index (χ4v) is 5.56. The highest BCUT2D eigenvalue weighted by atomic mass is 32.2. The molecule has 0 spiro atoms. The quantitative estimate of drug-likeness (QED) is 0.578. The summed E-state index contributed by atoms with van der Waals surface area (Å²) in [6.45, 7) is 5.40. The average molecular weight is 365 g/mol. The van der Waals surface area contributed by atoms with E-state index in [-0.39, 0.29) is 11.2 Å². The van der Waals surface area contributed by atoms with Crippen LogP contribution in [0.15, 0.2) is 54.6 Å². The van der Waals surface area contributed by atoms with Gasteiger partial charge in [-0.1, -0.05) is 48.5 Å². The molecule has 134 valence electrons. The molecule has 3 aromatic rings. The zero-order valence-electron chi connectivity index (χ0n) is 15.1. The zero-order chi connectivity index (χ0) is 18.1. The van der Waals surface area contributed by atoms with Crippen molar-refractivity contribution in [1.82, 2.24) is 4.57 Å². The number of carbonyl (C=O) groups excluding carboxylic acids is 1. The summed E-state index contributed by atoms with van der Waals surface area (Å²) in [5.74, 6) is -0.116. The molecule has 0 fully saturated rings. The van der Waals surface area contributed by atoms with Crippen LogP contribution in [-0.4, -0.2) is 17.1 Å². The number of aryl methyl sites for hydroxylation is 1. The van der Waals surface area contributed by atoms with Gasteiger partial charge in [-0.15, -0.1) is 11.8 Å². The van der Waals surface area contributed by atoms with Crippen LogP contribution < -0.4 is 0 Å². The van der Waals surface area contributed by atoms with Crippen molar-refractivity contribution in [2.45, 2.75) is 37.3 Å². The van der Waals surface area contributed by atoms with Crippen LogP contribution >= 0.6 is 11.8 Å². The van der Waals surface area contributed by atoms with Gasteiger partial charge in [0.25, 0.3) is 0 Å². The van der Waals surface area contributed by atoms with E-state index in [1.165, 1.54) is 27.7 Å². The molecule has 0 N–H and O–H groups in total. The third-order valence-electron chi connectivity index (χ3n) is 5.08. The number of nitrogens with zero attached hydrogens (tertiary/aromatic N) is 1. The molecule has 2 unspecified atom stereocenters. The molecule has 1 aliphatic rings. The first-order valence-corrected chi connectivity index (χ1v) is 10.1. The molecule has 4 heteroatoms. The summed E-state index contributed by atoms with van der Waals surface area (Å²) in [5, 5.41) is 1.73. The Kier molecular flexibility index (Phi) is 4.77. The summed E-state index contributed by atoms with van der Waals surface area (Å²) in [5.41, 5.74) is 5.13. The van der Waals surface area contributed by atoms with Gasteiger partial charge >= 0.3 is 5.97 Å². The molecule has 2 aromatic carbocycles. The SMILES string of the molecule is CCOC(=O)CC1SC(c2ccccc2)Cn2c1c(C)c1ccccc12. The standard InChI is InChI=1S/C22H23NO2S/c1-3-25-21(24)13-19-22-15(2)17-11-7-8-12-18(17)23(22)14-20(26-19)16-9-5-4-6-10-16/h4-12,19-20H,3,13-14H2,1-2H3. The molecule has 3 nitrogen and oxygen atoms in total. The molecule has 0 amide bonds. The lowest BCUT2D eigenvalue weighted by atomic mass is 10.1. The van der Waals surface area contributed by atoms with E-state index in [4.69, 9.17) is 4.74 Å². The smallest absolute Gasteiger partial charge is 0.307 e. The average Bonchev–Trinajstić information content (AvgIpc) is 2.96. The van der Waals surface area contributed by atoms with E-state index in [1.54, 1.807) is 0 Å². The van der Waals surface area contributed by atoms with E-state index >= 15 is 0 Å². The van der Waals surface area contributed by atoms with Crippen molar-refractivity contribution < 1.29 is 9.53 Å². The van der Waals surface area contributed by atoms with Crippen molar-refractivity contribution in [2.24, 2.45) is 0 Å². The van der Waals surface area contributed by atoms with Crippen LogP contribution in [0.3, 0.4) is 0 Å². The number of rotatable bonds is 4. The molecular formula is C22H23NO2S. The zero-order valence-corrected chi connectivity index (χ0v) is 16.0. The molecule has 0 saturated carbocycles. The molecule has 0 saturated heterocycles. The number of hydrogen-bond acceptors (Lipinski definition) is 3. The fourth-order valence-electron chi connectivity index (χ4n) is 3.95. The topological polar surface area (TPSA) is 31.2 Å². The van der Waals surface area contributed by atoms with Gasteiger partial charge in [-0.25, -0.2) is 0 Å². The van der Waals surface area contributed by atoms with Crippen LogP contribution in [0.1, 0.15) is 40.7 Å². The lowest BCUT2D eigenvalue weighted by Gasteiger charge is -2.32. The summed E-state index contributed by atoms with van der Waals surface area (Å²) in [7, 11) is 0. The number of carbonyl (C=O) groups is 1. The predicted molar refractivity (Wildman–Crippen MR) is 107 cm³/mol. The maximum absolute atomic E-state index is 12.2. The van der Waals surface area contributed by atoms with E-state index in [9.17, 15) is 4.79 Å². The van der Waals surface area contributed by atoms with Crippen LogP contribution in [0.4, 0.5) is 0 Å². The van der Waals surface area contributed by atoms with Crippen LogP contribution in [0, 0.1) is 6.92 Å². The second-order valence-electron chi connectivity index (χ2n) is 6.67. The van der Waals surface area contributed by atoms with Crippen molar-refractivity contribution in [3.05, 3.63) is 71.4 Å². The largest absolute Gasteiger partial charge is 0.466 e. The minimum atomic E-state index is -0.116. The number of ether oxygens (including phenoxy) is 1. The molecular weight excluding hydrogens is 342 g/mol. The molecule has 0 radical (unpaired) electrons. The van der Waals surface area contributed by atoms with Crippen molar-refractivity contribution >= 4 is 28.6 Å². The molecule has 0 aliphatic carbocycles. The molecule has 2 heterocycles. The highest BCUT2D eigenvalue weighted by Gasteiger charge is 2.33. The Labute approximate surface area is 158 Å². The van der Waals surface area contributed by atoms with Crippen LogP contribution in [-0.2, 0) is 16.1 Å². The minimum Gasteiger partial charge on any atom is -0.466 e. The van der Waals surface area contributed by atoms with Crippen molar-refractivity contribution in [1.29, 1.82) is 0 Å². The minimum absolute atomic E-state index is 0.111. The van der Waals surface area contributed by atoms with E-state index < -0.39 is 0 Å². The Morgan fingerprint density at radius 1 is 1.15 bits per heavy atom. The maximum atomic E-state index is 12.2. The second kappa shape index (κ2) is 7.20. The molecule has 26 heavy (non-hydrogen) atoms. The predicted octanol–water partition coefficient (Wildman–Crippen LogP) is 5.43. The Bertz CT molecular complexity index is 932. The Balaban J connectivity index is 1.80. The highest BCUT2D eigenvalue weighted by molar-refractivity contribution is 7.99. The van der Waals surface area contributed by atoms with Gasteiger partial charge in [0.15, 0.2) is 0 Å². The van der Waals surface area contributed by atoms with E-state index in [2.05, 4.69) is 60.0 Å².